The highest BCUT2D eigenvalue weighted by atomic mass is 19.1. The Morgan fingerprint density at radius 2 is 1.92 bits per heavy atom. The van der Waals surface area contributed by atoms with E-state index < -0.39 is 11.7 Å². The number of hydrogen-bond acceptors (Lipinski definition) is 2. The molecule has 0 saturated heterocycles. The van der Waals surface area contributed by atoms with E-state index in [-0.39, 0.29) is 5.56 Å². The Bertz CT molecular complexity index is 899. The van der Waals surface area contributed by atoms with Gasteiger partial charge >= 0.3 is 0 Å². The molecule has 0 spiro atoms. The van der Waals surface area contributed by atoms with Crippen molar-refractivity contribution >= 4 is 11.6 Å². The van der Waals surface area contributed by atoms with Gasteiger partial charge in [-0.1, -0.05) is 24.3 Å². The second-order valence-electron chi connectivity index (χ2n) is 5.83. The summed E-state index contributed by atoms with van der Waals surface area (Å²) in [4.78, 5) is 16.6. The number of nitrogens with one attached hydrogen (secondary N) is 1. The molecule has 1 aliphatic heterocycles. The highest BCUT2D eigenvalue weighted by molar-refractivity contribution is 6.04. The van der Waals surface area contributed by atoms with Crippen molar-refractivity contribution < 1.29 is 9.18 Å². The Kier molecular flexibility index (Phi) is 3.61. The zero-order valence-electron chi connectivity index (χ0n) is 13.0. The van der Waals surface area contributed by atoms with Gasteiger partial charge < -0.3 is 9.88 Å². The first-order valence-corrected chi connectivity index (χ1v) is 7.93. The molecule has 24 heavy (non-hydrogen) atoms. The normalized spacial score (nSPS) is 12.9. The second-order valence-corrected chi connectivity index (χ2v) is 5.83. The van der Waals surface area contributed by atoms with E-state index in [1.165, 1.54) is 12.1 Å². The monoisotopic (exact) mass is 321 g/mol. The van der Waals surface area contributed by atoms with Crippen LogP contribution >= 0.6 is 0 Å². The summed E-state index contributed by atoms with van der Waals surface area (Å²) >= 11 is 0. The Balaban J connectivity index is 1.54. The third kappa shape index (κ3) is 2.58. The summed E-state index contributed by atoms with van der Waals surface area (Å²) in [5.74, 6) is 0.148. The predicted molar refractivity (Wildman–Crippen MR) is 90.3 cm³/mol. The molecular weight excluding hydrogens is 305 g/mol. The maximum Gasteiger partial charge on any atom is 0.258 e. The Morgan fingerprint density at radius 1 is 1.12 bits per heavy atom. The number of imidazole rings is 1. The summed E-state index contributed by atoms with van der Waals surface area (Å²) in [5, 5.41) is 2.72. The molecule has 1 aliphatic rings. The van der Waals surface area contributed by atoms with Crippen molar-refractivity contribution in [3.8, 4) is 11.3 Å². The molecule has 0 bridgehead atoms. The minimum absolute atomic E-state index is 0.0372. The van der Waals surface area contributed by atoms with E-state index in [2.05, 4.69) is 14.9 Å². The summed E-state index contributed by atoms with van der Waals surface area (Å²) in [6.45, 7) is 0.996. The molecule has 0 saturated carbocycles. The lowest BCUT2D eigenvalue weighted by molar-refractivity contribution is 0.102. The lowest BCUT2D eigenvalue weighted by Gasteiger charge is -2.08. The number of aryl methyl sites for hydroxylation is 1. The topological polar surface area (TPSA) is 46.9 Å². The van der Waals surface area contributed by atoms with E-state index in [0.29, 0.717) is 5.69 Å². The zero-order valence-corrected chi connectivity index (χ0v) is 13.0. The lowest BCUT2D eigenvalue weighted by atomic mass is 10.1. The van der Waals surface area contributed by atoms with Crippen LogP contribution in [0, 0.1) is 5.82 Å². The third-order valence-corrected chi connectivity index (χ3v) is 4.28. The van der Waals surface area contributed by atoms with Crippen molar-refractivity contribution in [3.63, 3.8) is 0 Å². The van der Waals surface area contributed by atoms with Crippen molar-refractivity contribution in [3.05, 3.63) is 71.9 Å². The van der Waals surface area contributed by atoms with Gasteiger partial charge in [-0.15, -0.1) is 0 Å². The highest BCUT2D eigenvalue weighted by Gasteiger charge is 2.16. The van der Waals surface area contributed by atoms with Gasteiger partial charge in [0.15, 0.2) is 0 Å². The highest BCUT2D eigenvalue weighted by Crippen LogP contribution is 2.26. The van der Waals surface area contributed by atoms with Crippen molar-refractivity contribution in [1.29, 1.82) is 0 Å². The van der Waals surface area contributed by atoms with Crippen LogP contribution in [0.4, 0.5) is 10.1 Å². The molecule has 0 fully saturated rings. The fourth-order valence-corrected chi connectivity index (χ4v) is 3.06. The van der Waals surface area contributed by atoms with E-state index in [0.717, 1.165) is 36.5 Å². The molecule has 0 unspecified atom stereocenters. The molecule has 4 nitrogen and oxygen atoms in total. The van der Waals surface area contributed by atoms with Crippen molar-refractivity contribution in [2.24, 2.45) is 0 Å². The number of nitrogens with zero attached hydrogens (tertiary/aromatic N) is 2. The van der Waals surface area contributed by atoms with Gasteiger partial charge in [0.2, 0.25) is 0 Å². The average Bonchev–Trinajstić information content (AvgIpc) is 3.19. The molecule has 1 aromatic heterocycles. The first-order chi connectivity index (χ1) is 11.7. The van der Waals surface area contributed by atoms with Crippen LogP contribution in [0.25, 0.3) is 11.3 Å². The molecule has 120 valence electrons. The summed E-state index contributed by atoms with van der Waals surface area (Å²) in [6.07, 6.45) is 4.05. The maximum atomic E-state index is 13.6. The van der Waals surface area contributed by atoms with Gasteiger partial charge in [0, 0.05) is 18.7 Å². The number of aromatic nitrogens is 2. The minimum Gasteiger partial charge on any atom is -0.328 e. The number of hydrogen-bond donors (Lipinski definition) is 1. The van der Waals surface area contributed by atoms with E-state index in [4.69, 9.17) is 0 Å². The number of rotatable bonds is 3. The Hall–Kier alpha value is -2.95. The number of anilines is 1. The summed E-state index contributed by atoms with van der Waals surface area (Å²) in [7, 11) is 0. The van der Waals surface area contributed by atoms with Crippen molar-refractivity contribution in [2.75, 3.05) is 5.32 Å². The molecule has 5 heteroatoms. The van der Waals surface area contributed by atoms with Crippen LogP contribution in [0.5, 0.6) is 0 Å². The van der Waals surface area contributed by atoms with Crippen LogP contribution in [0.3, 0.4) is 0 Å². The van der Waals surface area contributed by atoms with Gasteiger partial charge in [-0.2, -0.15) is 0 Å². The van der Waals surface area contributed by atoms with Gasteiger partial charge in [0.1, 0.15) is 11.6 Å². The van der Waals surface area contributed by atoms with Crippen LogP contribution < -0.4 is 5.32 Å². The van der Waals surface area contributed by atoms with Gasteiger partial charge in [0.05, 0.1) is 17.5 Å². The number of carbonyl (C=O) groups is 1. The van der Waals surface area contributed by atoms with Gasteiger partial charge in [-0.3, -0.25) is 4.79 Å². The molecule has 4 rings (SSSR count). The Labute approximate surface area is 139 Å². The van der Waals surface area contributed by atoms with Gasteiger partial charge in [0.25, 0.3) is 5.91 Å². The third-order valence-electron chi connectivity index (χ3n) is 4.28. The predicted octanol–water partition coefficient (Wildman–Crippen LogP) is 3.89. The van der Waals surface area contributed by atoms with Gasteiger partial charge in [-0.05, 0) is 36.2 Å². The van der Waals surface area contributed by atoms with Crippen molar-refractivity contribution in [2.45, 2.75) is 19.4 Å². The van der Waals surface area contributed by atoms with Crippen LogP contribution in [0.2, 0.25) is 0 Å². The molecular formula is C19H16FN3O. The number of carbonyl (C=O) groups excluding carboxylic acids is 1. The van der Waals surface area contributed by atoms with E-state index >= 15 is 0 Å². The lowest BCUT2D eigenvalue weighted by Crippen LogP contribution is -2.13. The van der Waals surface area contributed by atoms with E-state index in [1.807, 2.05) is 30.5 Å². The summed E-state index contributed by atoms with van der Waals surface area (Å²) in [5.41, 5.74) is 2.82. The first kappa shape index (κ1) is 14.6. The number of amides is 1. The van der Waals surface area contributed by atoms with Crippen molar-refractivity contribution in [1.82, 2.24) is 9.55 Å². The quantitative estimate of drug-likeness (QED) is 0.795. The molecule has 2 heterocycles. The standard InChI is InChI=1S/C19H16FN3O/c20-16-5-2-1-4-15(16)19(24)22-14-9-7-13(8-10-14)17-12-21-18-6-3-11-23(17)18/h1-2,4-5,7-10,12H,3,6,11H2,(H,22,24). The molecule has 0 aliphatic carbocycles. The average molecular weight is 321 g/mol. The molecule has 2 aromatic carbocycles. The fourth-order valence-electron chi connectivity index (χ4n) is 3.06. The number of halogens is 1. The molecule has 1 amide bonds. The van der Waals surface area contributed by atoms with Crippen LogP contribution in [0.15, 0.2) is 54.7 Å². The molecule has 0 atom stereocenters. The Morgan fingerprint density at radius 3 is 2.71 bits per heavy atom. The summed E-state index contributed by atoms with van der Waals surface area (Å²) in [6, 6.07) is 13.5. The first-order valence-electron chi connectivity index (χ1n) is 7.93. The van der Waals surface area contributed by atoms with E-state index in [1.54, 1.807) is 12.1 Å². The summed E-state index contributed by atoms with van der Waals surface area (Å²) < 4.78 is 15.9. The maximum absolute atomic E-state index is 13.6. The largest absolute Gasteiger partial charge is 0.328 e. The zero-order chi connectivity index (χ0) is 16.5. The van der Waals surface area contributed by atoms with Crippen LogP contribution in [0.1, 0.15) is 22.6 Å². The number of fused-ring (bicyclic) bond motifs is 1. The smallest absolute Gasteiger partial charge is 0.258 e. The molecule has 0 radical (unpaired) electrons. The van der Waals surface area contributed by atoms with Crippen LogP contribution in [-0.4, -0.2) is 15.5 Å². The second kappa shape index (κ2) is 5.92. The molecule has 3 aromatic rings. The fraction of sp³-hybridized carbons (Fsp3) is 0.158. The van der Waals surface area contributed by atoms with Gasteiger partial charge in [-0.25, -0.2) is 9.37 Å². The molecule has 1 N–H and O–H groups in total. The van der Waals surface area contributed by atoms with E-state index in [9.17, 15) is 9.18 Å². The van der Waals surface area contributed by atoms with Crippen LogP contribution in [-0.2, 0) is 13.0 Å². The minimum atomic E-state index is -0.526. The SMILES string of the molecule is O=C(Nc1ccc(-c2cnc3n2CCC3)cc1)c1ccccc1F. The number of benzene rings is 2.